The molecule has 18 heavy (non-hydrogen) atoms. The lowest BCUT2D eigenvalue weighted by Crippen LogP contribution is -2.25. The van der Waals surface area contributed by atoms with E-state index in [1.165, 1.54) is 25.7 Å². The van der Waals surface area contributed by atoms with Gasteiger partial charge in [0.1, 0.15) is 11.6 Å². The summed E-state index contributed by atoms with van der Waals surface area (Å²) in [7, 11) is 1.91. The highest BCUT2D eigenvalue weighted by Crippen LogP contribution is 2.42. The van der Waals surface area contributed by atoms with Crippen LogP contribution in [0.3, 0.4) is 0 Å². The fraction of sp³-hybridized carbons (Fsp3) is 0.733. The van der Waals surface area contributed by atoms with E-state index in [2.05, 4.69) is 36.1 Å². The second-order valence-corrected chi connectivity index (χ2v) is 6.46. The zero-order valence-electron chi connectivity index (χ0n) is 12.0. The van der Waals surface area contributed by atoms with Crippen LogP contribution in [-0.4, -0.2) is 17.0 Å². The summed E-state index contributed by atoms with van der Waals surface area (Å²) in [6.07, 6.45) is 6.94. The molecule has 0 unspecified atom stereocenters. The maximum absolute atomic E-state index is 4.58. The topological polar surface area (TPSA) is 37.8 Å². The van der Waals surface area contributed by atoms with Crippen molar-refractivity contribution in [3.8, 4) is 0 Å². The van der Waals surface area contributed by atoms with Crippen LogP contribution in [0.2, 0.25) is 0 Å². The van der Waals surface area contributed by atoms with Crippen molar-refractivity contribution in [1.29, 1.82) is 0 Å². The molecule has 0 aromatic carbocycles. The number of hydrogen-bond acceptors (Lipinski definition) is 3. The van der Waals surface area contributed by atoms with Gasteiger partial charge in [-0.2, -0.15) is 0 Å². The van der Waals surface area contributed by atoms with E-state index in [1.807, 2.05) is 19.3 Å². The van der Waals surface area contributed by atoms with Crippen molar-refractivity contribution in [2.75, 3.05) is 12.4 Å². The summed E-state index contributed by atoms with van der Waals surface area (Å²) in [5, 5.41) is 3.09. The van der Waals surface area contributed by atoms with Crippen LogP contribution in [0.15, 0.2) is 12.3 Å². The van der Waals surface area contributed by atoms with Gasteiger partial charge in [0.25, 0.3) is 0 Å². The minimum atomic E-state index is 0.443. The summed E-state index contributed by atoms with van der Waals surface area (Å²) < 4.78 is 0. The monoisotopic (exact) mass is 247 g/mol. The Morgan fingerprint density at radius 3 is 2.39 bits per heavy atom. The van der Waals surface area contributed by atoms with Crippen molar-refractivity contribution in [2.24, 2.45) is 11.3 Å². The smallest absolute Gasteiger partial charge is 0.133 e. The van der Waals surface area contributed by atoms with Gasteiger partial charge in [-0.25, -0.2) is 9.97 Å². The number of aromatic nitrogens is 2. The van der Waals surface area contributed by atoms with E-state index in [1.54, 1.807) is 0 Å². The standard InChI is InChI=1S/C15H25N3/c1-15(2,3)12-7-5-11(6-8-12)14-17-10-9-13(16-4)18-14/h9-12H,5-8H2,1-4H3,(H,16,17,18). The van der Waals surface area contributed by atoms with Crippen LogP contribution in [0.5, 0.6) is 0 Å². The summed E-state index contributed by atoms with van der Waals surface area (Å²) in [4.78, 5) is 9.03. The highest BCUT2D eigenvalue weighted by atomic mass is 15.0. The molecule has 1 aliphatic carbocycles. The Morgan fingerprint density at radius 1 is 1.17 bits per heavy atom. The molecule has 1 heterocycles. The molecule has 1 aromatic rings. The van der Waals surface area contributed by atoms with E-state index in [-0.39, 0.29) is 0 Å². The van der Waals surface area contributed by atoms with Gasteiger partial charge in [0.15, 0.2) is 0 Å². The summed E-state index contributed by atoms with van der Waals surface area (Å²) >= 11 is 0. The van der Waals surface area contributed by atoms with Gasteiger partial charge in [0.05, 0.1) is 0 Å². The Bertz CT molecular complexity index is 387. The first-order chi connectivity index (χ1) is 8.50. The van der Waals surface area contributed by atoms with Gasteiger partial charge in [-0.05, 0) is 43.1 Å². The fourth-order valence-electron chi connectivity index (χ4n) is 2.93. The molecule has 0 radical (unpaired) electrons. The van der Waals surface area contributed by atoms with Gasteiger partial charge in [0.2, 0.25) is 0 Å². The van der Waals surface area contributed by atoms with Crippen LogP contribution in [0.1, 0.15) is 58.2 Å². The maximum atomic E-state index is 4.58. The summed E-state index contributed by atoms with van der Waals surface area (Å²) in [6, 6.07) is 1.92. The quantitative estimate of drug-likeness (QED) is 0.863. The molecule has 1 N–H and O–H groups in total. The molecule has 0 saturated heterocycles. The van der Waals surface area contributed by atoms with Crippen LogP contribution in [0, 0.1) is 11.3 Å². The third kappa shape index (κ3) is 3.01. The molecular formula is C15H25N3. The van der Waals surface area contributed by atoms with Crippen LogP contribution in [-0.2, 0) is 0 Å². The molecule has 1 aromatic heterocycles. The average Bonchev–Trinajstić information content (AvgIpc) is 2.38. The number of anilines is 1. The third-order valence-electron chi connectivity index (χ3n) is 4.25. The molecule has 3 nitrogen and oxygen atoms in total. The van der Waals surface area contributed by atoms with E-state index in [0.717, 1.165) is 17.6 Å². The van der Waals surface area contributed by atoms with Crippen molar-refractivity contribution in [3.63, 3.8) is 0 Å². The highest BCUT2D eigenvalue weighted by molar-refractivity contribution is 5.32. The first-order valence-electron chi connectivity index (χ1n) is 7.01. The van der Waals surface area contributed by atoms with E-state index in [9.17, 15) is 0 Å². The maximum Gasteiger partial charge on any atom is 0.133 e. The molecule has 0 amide bonds. The minimum Gasteiger partial charge on any atom is -0.373 e. The molecule has 0 spiro atoms. The lowest BCUT2D eigenvalue weighted by Gasteiger charge is -2.36. The van der Waals surface area contributed by atoms with Gasteiger partial charge < -0.3 is 5.32 Å². The molecule has 1 aliphatic rings. The zero-order chi connectivity index (χ0) is 13.2. The minimum absolute atomic E-state index is 0.443. The van der Waals surface area contributed by atoms with Crippen LogP contribution < -0.4 is 5.32 Å². The Morgan fingerprint density at radius 2 is 1.83 bits per heavy atom. The predicted molar refractivity (Wildman–Crippen MR) is 75.7 cm³/mol. The number of rotatable bonds is 2. The normalized spacial score (nSPS) is 24.9. The fourth-order valence-corrected chi connectivity index (χ4v) is 2.93. The largest absolute Gasteiger partial charge is 0.373 e. The lowest BCUT2D eigenvalue weighted by atomic mass is 9.70. The number of hydrogen-bond donors (Lipinski definition) is 1. The molecule has 100 valence electrons. The summed E-state index contributed by atoms with van der Waals surface area (Å²) in [6.45, 7) is 7.07. The van der Waals surface area contributed by atoms with Crippen molar-refractivity contribution in [2.45, 2.75) is 52.4 Å². The molecule has 0 aliphatic heterocycles. The van der Waals surface area contributed by atoms with Crippen LogP contribution in [0.25, 0.3) is 0 Å². The molecule has 1 fully saturated rings. The molecule has 0 bridgehead atoms. The van der Waals surface area contributed by atoms with Crippen molar-refractivity contribution < 1.29 is 0 Å². The van der Waals surface area contributed by atoms with Crippen molar-refractivity contribution >= 4 is 5.82 Å². The first-order valence-corrected chi connectivity index (χ1v) is 7.01. The Labute approximate surface area is 110 Å². The van der Waals surface area contributed by atoms with Crippen LogP contribution >= 0.6 is 0 Å². The van der Waals surface area contributed by atoms with Crippen molar-refractivity contribution in [3.05, 3.63) is 18.1 Å². The Kier molecular flexibility index (Phi) is 3.88. The molecule has 2 rings (SSSR count). The molecular weight excluding hydrogens is 222 g/mol. The predicted octanol–water partition coefficient (Wildman–Crippen LogP) is 3.84. The third-order valence-corrected chi connectivity index (χ3v) is 4.25. The SMILES string of the molecule is CNc1ccnc(C2CCC(C(C)(C)C)CC2)n1. The zero-order valence-corrected chi connectivity index (χ0v) is 12.0. The van der Waals surface area contributed by atoms with Crippen molar-refractivity contribution in [1.82, 2.24) is 9.97 Å². The number of nitrogens with zero attached hydrogens (tertiary/aromatic N) is 2. The van der Waals surface area contributed by atoms with E-state index >= 15 is 0 Å². The van der Waals surface area contributed by atoms with Crippen LogP contribution in [0.4, 0.5) is 5.82 Å². The Balaban J connectivity index is 2.01. The average molecular weight is 247 g/mol. The van der Waals surface area contributed by atoms with Gasteiger partial charge in [-0.1, -0.05) is 20.8 Å². The van der Waals surface area contributed by atoms with Gasteiger partial charge in [0, 0.05) is 19.2 Å². The molecule has 1 saturated carbocycles. The Hall–Kier alpha value is -1.12. The second-order valence-electron chi connectivity index (χ2n) is 6.46. The van der Waals surface area contributed by atoms with E-state index < -0.39 is 0 Å². The number of nitrogens with one attached hydrogen (secondary N) is 1. The lowest BCUT2D eigenvalue weighted by molar-refractivity contribution is 0.167. The molecule has 3 heteroatoms. The summed E-state index contributed by atoms with van der Waals surface area (Å²) in [5.41, 5.74) is 0.443. The highest BCUT2D eigenvalue weighted by Gasteiger charge is 2.31. The van der Waals surface area contributed by atoms with Gasteiger partial charge in [-0.15, -0.1) is 0 Å². The van der Waals surface area contributed by atoms with E-state index in [0.29, 0.717) is 11.3 Å². The first kappa shape index (κ1) is 13.3. The van der Waals surface area contributed by atoms with E-state index in [4.69, 9.17) is 0 Å². The van der Waals surface area contributed by atoms with Gasteiger partial charge >= 0.3 is 0 Å². The van der Waals surface area contributed by atoms with Gasteiger partial charge in [-0.3, -0.25) is 0 Å². The summed E-state index contributed by atoms with van der Waals surface area (Å²) in [5.74, 6) is 3.35. The second kappa shape index (κ2) is 5.25. The molecule has 0 atom stereocenters.